The van der Waals surface area contributed by atoms with E-state index in [0.717, 1.165) is 18.7 Å². The molecular weight excluding hydrogens is 174 g/mol. The average molecular weight is 193 g/mol. The molecule has 0 aliphatic heterocycles. The molecule has 1 aliphatic rings. The summed E-state index contributed by atoms with van der Waals surface area (Å²) in [7, 11) is 2.01. The van der Waals surface area contributed by atoms with E-state index in [9.17, 15) is 0 Å². The van der Waals surface area contributed by atoms with Gasteiger partial charge >= 0.3 is 0 Å². The summed E-state index contributed by atoms with van der Waals surface area (Å²) in [6.45, 7) is 0. The fourth-order valence-corrected chi connectivity index (χ4v) is 2.34. The summed E-state index contributed by atoms with van der Waals surface area (Å²) in [5, 5.41) is 4.30. The Morgan fingerprint density at radius 3 is 2.50 bits per heavy atom. The van der Waals surface area contributed by atoms with Crippen LogP contribution in [-0.4, -0.2) is 9.78 Å². The number of aromatic nitrogens is 2. The van der Waals surface area contributed by atoms with Crippen LogP contribution in [0.1, 0.15) is 43.4 Å². The van der Waals surface area contributed by atoms with Gasteiger partial charge in [-0.15, -0.1) is 0 Å². The first-order valence-corrected chi connectivity index (χ1v) is 5.59. The minimum atomic E-state index is 0.754. The number of nitrogens with two attached hydrogens (primary N) is 1. The van der Waals surface area contributed by atoms with E-state index in [4.69, 9.17) is 5.73 Å². The van der Waals surface area contributed by atoms with Crippen LogP contribution in [0.25, 0.3) is 0 Å². The quantitative estimate of drug-likeness (QED) is 0.685. The van der Waals surface area contributed by atoms with Crippen LogP contribution < -0.4 is 5.73 Å². The Morgan fingerprint density at radius 2 is 1.71 bits per heavy atom. The predicted octanol–water partition coefficient (Wildman–Crippen LogP) is 2.05. The van der Waals surface area contributed by atoms with Gasteiger partial charge in [0.05, 0.1) is 0 Å². The van der Waals surface area contributed by atoms with Crippen molar-refractivity contribution in [1.82, 2.24) is 9.78 Å². The molecule has 1 aliphatic carbocycles. The molecule has 0 spiro atoms. The van der Waals surface area contributed by atoms with Crippen LogP contribution in [0.5, 0.6) is 0 Å². The summed E-state index contributed by atoms with van der Waals surface area (Å²) in [6, 6.07) is 0. The van der Waals surface area contributed by atoms with Crippen LogP contribution in [0.4, 0.5) is 5.82 Å². The summed E-state index contributed by atoms with van der Waals surface area (Å²) in [4.78, 5) is 0. The molecule has 0 saturated heterocycles. The van der Waals surface area contributed by atoms with Crippen molar-refractivity contribution < 1.29 is 0 Å². The molecule has 1 aromatic heterocycles. The molecular formula is C11H19N3. The summed E-state index contributed by atoms with van der Waals surface area (Å²) in [6.07, 6.45) is 8.89. The molecule has 2 N–H and O–H groups in total. The molecule has 3 nitrogen and oxygen atoms in total. The topological polar surface area (TPSA) is 43.8 Å². The molecule has 3 heteroatoms. The third-order valence-corrected chi connectivity index (χ3v) is 3.15. The monoisotopic (exact) mass is 193 g/mol. The Bertz CT molecular complexity index is 286. The molecule has 0 amide bonds. The number of nitrogens with zero attached hydrogens (tertiary/aromatic N) is 2. The van der Waals surface area contributed by atoms with Crippen LogP contribution in [0.15, 0.2) is 0 Å². The van der Waals surface area contributed by atoms with Crippen molar-refractivity contribution in [3.8, 4) is 0 Å². The third-order valence-electron chi connectivity index (χ3n) is 3.15. The van der Waals surface area contributed by atoms with Crippen molar-refractivity contribution in [2.45, 2.75) is 44.9 Å². The number of aryl methyl sites for hydroxylation is 1. The van der Waals surface area contributed by atoms with Gasteiger partial charge in [-0.25, -0.2) is 0 Å². The number of hydrogen-bond donors (Lipinski definition) is 1. The number of anilines is 1. The van der Waals surface area contributed by atoms with Gasteiger partial charge in [-0.2, -0.15) is 5.10 Å². The molecule has 0 bridgehead atoms. The molecule has 0 aromatic carbocycles. The molecule has 14 heavy (non-hydrogen) atoms. The standard InChI is InChI=1S/C11H19N3/c1-14-10-8-6-4-2-3-5-7-9(10)11(12)13-14/h2-8H2,1H3,(H2,12,13). The summed E-state index contributed by atoms with van der Waals surface area (Å²) < 4.78 is 1.97. The number of nitrogen functional groups attached to an aromatic ring is 1. The lowest BCUT2D eigenvalue weighted by atomic mass is 10.1. The van der Waals surface area contributed by atoms with Crippen molar-refractivity contribution in [3.63, 3.8) is 0 Å². The van der Waals surface area contributed by atoms with Gasteiger partial charge in [0.1, 0.15) is 5.82 Å². The average Bonchev–Trinajstić information content (AvgIpc) is 2.48. The predicted molar refractivity (Wildman–Crippen MR) is 58.1 cm³/mol. The Balaban J connectivity index is 2.28. The fourth-order valence-electron chi connectivity index (χ4n) is 2.34. The third kappa shape index (κ3) is 1.76. The SMILES string of the molecule is Cn1nc(N)c2c1CCCCCCC2. The second-order valence-electron chi connectivity index (χ2n) is 4.20. The van der Waals surface area contributed by atoms with E-state index in [0.29, 0.717) is 0 Å². The second kappa shape index (κ2) is 4.03. The highest BCUT2D eigenvalue weighted by Gasteiger charge is 2.14. The van der Waals surface area contributed by atoms with Crippen molar-refractivity contribution in [1.29, 1.82) is 0 Å². The van der Waals surface area contributed by atoms with Crippen molar-refractivity contribution in [2.24, 2.45) is 7.05 Å². The highest BCUT2D eigenvalue weighted by molar-refractivity contribution is 5.43. The van der Waals surface area contributed by atoms with Gasteiger partial charge in [-0.1, -0.05) is 19.3 Å². The van der Waals surface area contributed by atoms with Crippen LogP contribution >= 0.6 is 0 Å². The largest absolute Gasteiger partial charge is 0.382 e. The maximum absolute atomic E-state index is 5.90. The first-order valence-electron chi connectivity index (χ1n) is 5.59. The second-order valence-corrected chi connectivity index (χ2v) is 4.20. The van der Waals surface area contributed by atoms with Crippen molar-refractivity contribution >= 4 is 5.82 Å². The zero-order chi connectivity index (χ0) is 9.97. The van der Waals surface area contributed by atoms with E-state index in [-0.39, 0.29) is 0 Å². The van der Waals surface area contributed by atoms with Gasteiger partial charge in [-0.3, -0.25) is 4.68 Å². The number of fused-ring (bicyclic) bond motifs is 1. The van der Waals surface area contributed by atoms with E-state index in [1.54, 1.807) is 0 Å². The molecule has 1 heterocycles. The Kier molecular flexibility index (Phi) is 2.75. The lowest BCUT2D eigenvalue weighted by Gasteiger charge is -2.03. The van der Waals surface area contributed by atoms with Gasteiger partial charge in [0.15, 0.2) is 0 Å². The van der Waals surface area contributed by atoms with Crippen LogP contribution in [0, 0.1) is 0 Å². The van der Waals surface area contributed by atoms with E-state index in [2.05, 4.69) is 5.10 Å². The number of rotatable bonds is 0. The zero-order valence-corrected chi connectivity index (χ0v) is 8.92. The molecule has 78 valence electrons. The van der Waals surface area contributed by atoms with E-state index >= 15 is 0 Å². The zero-order valence-electron chi connectivity index (χ0n) is 8.92. The minimum Gasteiger partial charge on any atom is -0.382 e. The van der Waals surface area contributed by atoms with Crippen LogP contribution in [-0.2, 0) is 19.9 Å². The minimum absolute atomic E-state index is 0.754. The van der Waals surface area contributed by atoms with Gasteiger partial charge in [0.25, 0.3) is 0 Å². The smallest absolute Gasteiger partial charge is 0.148 e. The first-order chi connectivity index (χ1) is 6.79. The van der Waals surface area contributed by atoms with Crippen LogP contribution in [0.3, 0.4) is 0 Å². The fraction of sp³-hybridized carbons (Fsp3) is 0.727. The van der Waals surface area contributed by atoms with Gasteiger partial charge in [0.2, 0.25) is 0 Å². The maximum atomic E-state index is 5.90. The molecule has 0 unspecified atom stereocenters. The Labute approximate surface area is 85.3 Å². The Hall–Kier alpha value is -0.990. The van der Waals surface area contributed by atoms with E-state index < -0.39 is 0 Å². The lowest BCUT2D eigenvalue weighted by Crippen LogP contribution is -2.00. The lowest BCUT2D eigenvalue weighted by molar-refractivity contribution is 0.615. The summed E-state index contributed by atoms with van der Waals surface area (Å²) >= 11 is 0. The molecule has 0 saturated carbocycles. The molecule has 2 rings (SSSR count). The Morgan fingerprint density at radius 1 is 1.07 bits per heavy atom. The first kappa shape index (κ1) is 9.56. The van der Waals surface area contributed by atoms with Crippen molar-refractivity contribution in [3.05, 3.63) is 11.3 Å². The van der Waals surface area contributed by atoms with E-state index in [1.807, 2.05) is 11.7 Å². The summed E-state index contributed by atoms with van der Waals surface area (Å²) in [5.41, 5.74) is 8.58. The van der Waals surface area contributed by atoms with Crippen molar-refractivity contribution in [2.75, 3.05) is 5.73 Å². The highest BCUT2D eigenvalue weighted by atomic mass is 15.3. The van der Waals surface area contributed by atoms with Gasteiger partial charge in [-0.05, 0) is 25.7 Å². The summed E-state index contributed by atoms with van der Waals surface area (Å²) in [5.74, 6) is 0.754. The normalized spacial score (nSPS) is 18.1. The molecule has 0 atom stereocenters. The number of hydrogen-bond acceptors (Lipinski definition) is 2. The molecule has 1 aromatic rings. The van der Waals surface area contributed by atoms with E-state index in [1.165, 1.54) is 43.4 Å². The molecule has 0 radical (unpaired) electrons. The molecule has 0 fully saturated rings. The maximum Gasteiger partial charge on any atom is 0.148 e. The highest BCUT2D eigenvalue weighted by Crippen LogP contribution is 2.23. The van der Waals surface area contributed by atoms with Gasteiger partial charge < -0.3 is 5.73 Å². The van der Waals surface area contributed by atoms with Crippen LogP contribution in [0.2, 0.25) is 0 Å². The van der Waals surface area contributed by atoms with Gasteiger partial charge in [0, 0.05) is 18.3 Å².